The van der Waals surface area contributed by atoms with Crippen molar-refractivity contribution in [2.45, 2.75) is 40.9 Å². The van der Waals surface area contributed by atoms with Gasteiger partial charge in [0.2, 0.25) is 0 Å². The van der Waals surface area contributed by atoms with E-state index < -0.39 is 0 Å². The Hall–Kier alpha value is -1.31. The van der Waals surface area contributed by atoms with Crippen LogP contribution in [0.5, 0.6) is 0 Å². The van der Waals surface area contributed by atoms with E-state index in [-0.39, 0.29) is 5.56 Å². The average Bonchev–Trinajstić information content (AvgIpc) is 2.94. The number of hydrogen-bond donors (Lipinski definition) is 0. The second-order valence-corrected chi connectivity index (χ2v) is 7.79. The van der Waals surface area contributed by atoms with Crippen molar-refractivity contribution in [1.82, 2.24) is 14.5 Å². The van der Waals surface area contributed by atoms with Crippen molar-refractivity contribution in [2.75, 3.05) is 13.7 Å². The predicted molar refractivity (Wildman–Crippen MR) is 93.2 cm³/mol. The highest BCUT2D eigenvalue weighted by molar-refractivity contribution is 8.00. The summed E-state index contributed by atoms with van der Waals surface area (Å²) in [6.45, 7) is 3.16. The average molecular weight is 349 g/mol. The molecule has 2 aromatic rings. The number of rotatable bonds is 6. The van der Waals surface area contributed by atoms with Crippen LogP contribution in [0.4, 0.5) is 0 Å². The van der Waals surface area contributed by atoms with Crippen LogP contribution < -0.4 is 5.56 Å². The summed E-state index contributed by atoms with van der Waals surface area (Å²) in [5.41, 5.74) is 2.12. The summed E-state index contributed by atoms with van der Waals surface area (Å²) in [4.78, 5) is 22.5. The zero-order chi connectivity index (χ0) is 16.2. The van der Waals surface area contributed by atoms with E-state index in [2.05, 4.69) is 11.9 Å². The van der Waals surface area contributed by atoms with E-state index in [1.807, 2.05) is 18.3 Å². The minimum Gasteiger partial charge on any atom is -0.383 e. The standard InChI is InChI=1S/C16H19N3O2S2/c1-11-8-13-14(23-11)15(20)19(6-7-21-2)16(18-13)22-10-12-4-3-5-17-9-12/h3-5,9,11H,6-8,10H2,1-2H3/t11-/m1/s1. The van der Waals surface area contributed by atoms with E-state index in [9.17, 15) is 4.79 Å². The van der Waals surface area contributed by atoms with Gasteiger partial charge in [-0.05, 0) is 11.6 Å². The van der Waals surface area contributed by atoms with Gasteiger partial charge in [-0.3, -0.25) is 14.3 Å². The minimum absolute atomic E-state index is 0.0649. The van der Waals surface area contributed by atoms with E-state index in [0.717, 1.165) is 33.5 Å². The summed E-state index contributed by atoms with van der Waals surface area (Å²) in [5, 5.41) is 1.18. The maximum Gasteiger partial charge on any atom is 0.268 e. The second kappa shape index (κ2) is 7.51. The molecule has 0 spiro atoms. The fourth-order valence-corrected chi connectivity index (χ4v) is 4.54. The van der Waals surface area contributed by atoms with Crippen molar-refractivity contribution in [2.24, 2.45) is 0 Å². The molecule has 1 aliphatic heterocycles. The van der Waals surface area contributed by atoms with Gasteiger partial charge in [0.05, 0.1) is 23.7 Å². The Morgan fingerprint density at radius 1 is 1.52 bits per heavy atom. The number of hydrogen-bond acceptors (Lipinski definition) is 6. The smallest absolute Gasteiger partial charge is 0.268 e. The first-order valence-electron chi connectivity index (χ1n) is 7.50. The molecule has 0 unspecified atom stereocenters. The van der Waals surface area contributed by atoms with Crippen LogP contribution in [0.15, 0.2) is 39.4 Å². The Morgan fingerprint density at radius 3 is 3.13 bits per heavy atom. The van der Waals surface area contributed by atoms with E-state index >= 15 is 0 Å². The Kier molecular flexibility index (Phi) is 5.40. The van der Waals surface area contributed by atoms with Gasteiger partial charge >= 0.3 is 0 Å². The summed E-state index contributed by atoms with van der Waals surface area (Å²) < 4.78 is 6.89. The molecular formula is C16H19N3O2S2. The van der Waals surface area contributed by atoms with Gasteiger partial charge in [0.1, 0.15) is 0 Å². The van der Waals surface area contributed by atoms with Crippen LogP contribution in [0.1, 0.15) is 18.2 Å². The Morgan fingerprint density at radius 2 is 2.39 bits per heavy atom. The number of nitrogens with zero attached hydrogens (tertiary/aromatic N) is 3. The highest BCUT2D eigenvalue weighted by Gasteiger charge is 2.26. The van der Waals surface area contributed by atoms with Crippen molar-refractivity contribution in [1.29, 1.82) is 0 Å². The molecule has 0 saturated heterocycles. The molecule has 0 amide bonds. The summed E-state index contributed by atoms with van der Waals surface area (Å²) in [5.74, 6) is 0.745. The third kappa shape index (κ3) is 3.79. The van der Waals surface area contributed by atoms with Crippen molar-refractivity contribution in [3.8, 4) is 0 Å². The van der Waals surface area contributed by atoms with Crippen molar-refractivity contribution in [3.63, 3.8) is 0 Å². The fraction of sp³-hybridized carbons (Fsp3) is 0.438. The van der Waals surface area contributed by atoms with Crippen LogP contribution in [0.2, 0.25) is 0 Å². The Balaban J connectivity index is 1.89. The second-order valence-electron chi connectivity index (χ2n) is 5.40. The summed E-state index contributed by atoms with van der Waals surface area (Å²) in [6.07, 6.45) is 4.46. The molecule has 0 saturated carbocycles. The molecule has 0 fully saturated rings. The zero-order valence-corrected chi connectivity index (χ0v) is 14.8. The SMILES string of the molecule is COCCn1c(SCc2cccnc2)nc2c(c1=O)S[C@H](C)C2. The fourth-order valence-electron chi connectivity index (χ4n) is 2.45. The summed E-state index contributed by atoms with van der Waals surface area (Å²) in [7, 11) is 1.64. The molecule has 23 heavy (non-hydrogen) atoms. The van der Waals surface area contributed by atoms with Gasteiger partial charge < -0.3 is 4.74 Å². The number of ether oxygens (including phenoxy) is 1. The van der Waals surface area contributed by atoms with Gasteiger partial charge in [-0.25, -0.2) is 4.98 Å². The number of aromatic nitrogens is 3. The van der Waals surface area contributed by atoms with Crippen molar-refractivity contribution < 1.29 is 4.74 Å². The largest absolute Gasteiger partial charge is 0.383 e. The van der Waals surface area contributed by atoms with E-state index in [4.69, 9.17) is 9.72 Å². The molecule has 7 heteroatoms. The molecule has 0 bridgehead atoms. The zero-order valence-electron chi connectivity index (χ0n) is 13.2. The Labute approximate surface area is 143 Å². The summed E-state index contributed by atoms with van der Waals surface area (Å²) >= 11 is 3.21. The molecule has 0 aromatic carbocycles. The van der Waals surface area contributed by atoms with Crippen LogP contribution >= 0.6 is 23.5 Å². The topological polar surface area (TPSA) is 57.0 Å². The maximum absolute atomic E-state index is 12.8. The lowest BCUT2D eigenvalue weighted by Crippen LogP contribution is -2.27. The van der Waals surface area contributed by atoms with Gasteiger partial charge in [-0.15, -0.1) is 11.8 Å². The molecule has 1 aliphatic rings. The van der Waals surface area contributed by atoms with Gasteiger partial charge in [0.15, 0.2) is 5.16 Å². The van der Waals surface area contributed by atoms with Crippen LogP contribution in [0.25, 0.3) is 0 Å². The van der Waals surface area contributed by atoms with Gasteiger partial charge in [0, 0.05) is 36.9 Å². The van der Waals surface area contributed by atoms with Crippen LogP contribution in [0.3, 0.4) is 0 Å². The molecule has 5 nitrogen and oxygen atoms in total. The molecule has 3 heterocycles. The van der Waals surface area contributed by atoms with Gasteiger partial charge in [-0.1, -0.05) is 24.8 Å². The first-order valence-corrected chi connectivity index (χ1v) is 9.36. The molecule has 0 radical (unpaired) electrons. The molecule has 1 atom stereocenters. The van der Waals surface area contributed by atoms with Gasteiger partial charge in [0.25, 0.3) is 5.56 Å². The quantitative estimate of drug-likeness (QED) is 0.590. The third-order valence-electron chi connectivity index (χ3n) is 3.57. The number of fused-ring (bicyclic) bond motifs is 1. The van der Waals surface area contributed by atoms with Crippen LogP contribution in [0, 0.1) is 0 Å². The lowest BCUT2D eigenvalue weighted by atomic mass is 10.2. The first kappa shape index (κ1) is 16.5. The van der Waals surface area contributed by atoms with Crippen molar-refractivity contribution in [3.05, 3.63) is 46.1 Å². The highest BCUT2D eigenvalue weighted by atomic mass is 32.2. The van der Waals surface area contributed by atoms with E-state index in [1.165, 1.54) is 0 Å². The lowest BCUT2D eigenvalue weighted by molar-refractivity contribution is 0.182. The number of thioether (sulfide) groups is 2. The van der Waals surface area contributed by atoms with E-state index in [0.29, 0.717) is 18.4 Å². The van der Waals surface area contributed by atoms with E-state index in [1.54, 1.807) is 41.4 Å². The highest BCUT2D eigenvalue weighted by Crippen LogP contribution is 2.34. The lowest BCUT2D eigenvalue weighted by Gasteiger charge is -2.13. The van der Waals surface area contributed by atoms with Crippen LogP contribution in [-0.2, 0) is 23.5 Å². The number of methoxy groups -OCH3 is 1. The monoisotopic (exact) mass is 349 g/mol. The molecular weight excluding hydrogens is 330 g/mol. The molecule has 2 aromatic heterocycles. The third-order valence-corrected chi connectivity index (χ3v) is 5.84. The number of pyridine rings is 1. The summed E-state index contributed by atoms with van der Waals surface area (Å²) in [6, 6.07) is 3.95. The van der Waals surface area contributed by atoms with Crippen LogP contribution in [-0.4, -0.2) is 33.5 Å². The first-order chi connectivity index (χ1) is 11.2. The Bertz CT molecular complexity index is 734. The molecule has 122 valence electrons. The van der Waals surface area contributed by atoms with Gasteiger partial charge in [-0.2, -0.15) is 0 Å². The normalized spacial score (nSPS) is 16.5. The molecule has 3 rings (SSSR count). The maximum atomic E-state index is 12.8. The predicted octanol–water partition coefficient (Wildman–Crippen LogP) is 2.61. The van der Waals surface area contributed by atoms with Crippen molar-refractivity contribution >= 4 is 23.5 Å². The molecule has 0 N–H and O–H groups in total. The minimum atomic E-state index is 0.0649. The molecule has 0 aliphatic carbocycles.